The molecular weight excluding hydrogens is 274 g/mol. The molecule has 4 nitrogen and oxygen atoms in total. The Bertz CT molecular complexity index is 518. The summed E-state index contributed by atoms with van der Waals surface area (Å²) in [5.41, 5.74) is 5.62. The second kappa shape index (κ2) is 7.97. The highest BCUT2D eigenvalue weighted by Crippen LogP contribution is 2.21. The van der Waals surface area contributed by atoms with Crippen molar-refractivity contribution in [3.63, 3.8) is 0 Å². The molecule has 0 saturated heterocycles. The van der Waals surface area contributed by atoms with Crippen LogP contribution in [0.5, 0.6) is 0 Å². The highest BCUT2D eigenvalue weighted by atomic mass is 16.2. The second-order valence-corrected chi connectivity index (χ2v) is 6.04. The number of amides is 1. The van der Waals surface area contributed by atoms with Gasteiger partial charge in [0.1, 0.15) is 0 Å². The standard InChI is InChI=1S/C18H27N3O/c1-4-21(5-2)17-11-9-15(10-12-17)18(22)20-19-16-8-6-7-14(3)13-16/h9-12,14H,4-8,13H2,1-3H3,(H,20,22)/b19-16-/t14-/m0/s1. The third-order valence-corrected chi connectivity index (χ3v) is 4.32. The average Bonchev–Trinajstić information content (AvgIpc) is 2.54. The molecule has 22 heavy (non-hydrogen) atoms. The van der Waals surface area contributed by atoms with Crippen molar-refractivity contribution >= 4 is 17.3 Å². The molecule has 1 aliphatic carbocycles. The van der Waals surface area contributed by atoms with Crippen molar-refractivity contribution in [1.82, 2.24) is 5.43 Å². The summed E-state index contributed by atoms with van der Waals surface area (Å²) in [6.45, 7) is 8.43. The highest BCUT2D eigenvalue weighted by molar-refractivity contribution is 5.95. The lowest BCUT2D eigenvalue weighted by molar-refractivity contribution is 0.0954. The van der Waals surface area contributed by atoms with Crippen LogP contribution in [0.4, 0.5) is 5.69 Å². The van der Waals surface area contributed by atoms with E-state index in [4.69, 9.17) is 0 Å². The maximum absolute atomic E-state index is 12.2. The lowest BCUT2D eigenvalue weighted by Gasteiger charge is -2.21. The molecule has 2 rings (SSSR count). The number of nitrogens with zero attached hydrogens (tertiary/aromatic N) is 2. The molecule has 1 fully saturated rings. The van der Waals surface area contributed by atoms with Gasteiger partial charge in [0.2, 0.25) is 0 Å². The summed E-state index contributed by atoms with van der Waals surface area (Å²) in [5.74, 6) is 0.551. The molecule has 1 aromatic rings. The number of benzene rings is 1. The molecule has 1 atom stereocenters. The van der Waals surface area contributed by atoms with Crippen molar-refractivity contribution < 1.29 is 4.79 Å². The predicted molar refractivity (Wildman–Crippen MR) is 92.5 cm³/mol. The number of hydrazone groups is 1. The minimum atomic E-state index is -0.128. The Labute approximate surface area is 133 Å². The van der Waals surface area contributed by atoms with Gasteiger partial charge in [-0.3, -0.25) is 4.79 Å². The Morgan fingerprint density at radius 2 is 1.95 bits per heavy atom. The molecule has 1 saturated carbocycles. The molecule has 1 aromatic carbocycles. The molecule has 1 N–H and O–H groups in total. The van der Waals surface area contributed by atoms with Crippen molar-refractivity contribution in [2.45, 2.75) is 46.5 Å². The largest absolute Gasteiger partial charge is 0.372 e. The van der Waals surface area contributed by atoms with Gasteiger partial charge in [0, 0.05) is 30.1 Å². The third-order valence-electron chi connectivity index (χ3n) is 4.32. The van der Waals surface area contributed by atoms with Gasteiger partial charge in [-0.2, -0.15) is 5.10 Å². The van der Waals surface area contributed by atoms with Gasteiger partial charge in [0.05, 0.1) is 0 Å². The number of hydrogen-bond donors (Lipinski definition) is 1. The zero-order valence-corrected chi connectivity index (χ0v) is 13.9. The topological polar surface area (TPSA) is 44.7 Å². The summed E-state index contributed by atoms with van der Waals surface area (Å²) < 4.78 is 0. The minimum absolute atomic E-state index is 0.128. The number of nitrogens with one attached hydrogen (secondary N) is 1. The SMILES string of the molecule is CCN(CC)c1ccc(C(=O)N/N=C2/CCC[C@H](C)C2)cc1. The van der Waals surface area contributed by atoms with Gasteiger partial charge in [0.15, 0.2) is 0 Å². The first-order valence-electron chi connectivity index (χ1n) is 8.34. The molecule has 0 heterocycles. The summed E-state index contributed by atoms with van der Waals surface area (Å²) in [4.78, 5) is 14.4. The van der Waals surface area contributed by atoms with Crippen LogP contribution >= 0.6 is 0 Å². The minimum Gasteiger partial charge on any atom is -0.372 e. The van der Waals surface area contributed by atoms with Crippen LogP contribution in [0.3, 0.4) is 0 Å². The first kappa shape index (κ1) is 16.5. The van der Waals surface area contributed by atoms with E-state index in [0.29, 0.717) is 11.5 Å². The Morgan fingerprint density at radius 3 is 2.55 bits per heavy atom. The Hall–Kier alpha value is -1.84. The van der Waals surface area contributed by atoms with Gasteiger partial charge < -0.3 is 4.90 Å². The summed E-state index contributed by atoms with van der Waals surface area (Å²) >= 11 is 0. The van der Waals surface area contributed by atoms with E-state index in [1.807, 2.05) is 24.3 Å². The third kappa shape index (κ3) is 4.33. The van der Waals surface area contributed by atoms with Crippen molar-refractivity contribution in [2.75, 3.05) is 18.0 Å². The average molecular weight is 301 g/mol. The van der Waals surface area contributed by atoms with E-state index >= 15 is 0 Å². The fourth-order valence-corrected chi connectivity index (χ4v) is 2.97. The van der Waals surface area contributed by atoms with Crippen LogP contribution in [0.2, 0.25) is 0 Å². The smallest absolute Gasteiger partial charge is 0.271 e. The fourth-order valence-electron chi connectivity index (χ4n) is 2.97. The second-order valence-electron chi connectivity index (χ2n) is 6.04. The van der Waals surface area contributed by atoms with Gasteiger partial charge in [-0.1, -0.05) is 6.92 Å². The van der Waals surface area contributed by atoms with Crippen LogP contribution < -0.4 is 10.3 Å². The van der Waals surface area contributed by atoms with Gasteiger partial charge in [0.25, 0.3) is 5.91 Å². The van der Waals surface area contributed by atoms with E-state index in [1.54, 1.807) is 0 Å². The number of anilines is 1. The summed E-state index contributed by atoms with van der Waals surface area (Å²) in [6, 6.07) is 7.73. The number of carbonyl (C=O) groups is 1. The first-order valence-corrected chi connectivity index (χ1v) is 8.34. The molecule has 0 bridgehead atoms. The Balaban J connectivity index is 1.96. The lowest BCUT2D eigenvalue weighted by Crippen LogP contribution is -2.23. The molecule has 0 spiro atoms. The zero-order valence-electron chi connectivity index (χ0n) is 13.9. The van der Waals surface area contributed by atoms with E-state index < -0.39 is 0 Å². The van der Waals surface area contributed by atoms with Gasteiger partial charge in [-0.05, 0) is 69.7 Å². The zero-order chi connectivity index (χ0) is 15.9. The summed E-state index contributed by atoms with van der Waals surface area (Å²) in [7, 11) is 0. The maximum atomic E-state index is 12.2. The van der Waals surface area contributed by atoms with E-state index in [9.17, 15) is 4.79 Å². The molecule has 0 unspecified atom stereocenters. The van der Waals surface area contributed by atoms with Crippen molar-refractivity contribution in [2.24, 2.45) is 11.0 Å². The van der Waals surface area contributed by atoms with Gasteiger partial charge >= 0.3 is 0 Å². The fraction of sp³-hybridized carbons (Fsp3) is 0.556. The normalized spacial score (nSPS) is 20.0. The maximum Gasteiger partial charge on any atom is 0.271 e. The predicted octanol–water partition coefficient (Wildman–Crippen LogP) is 3.83. The van der Waals surface area contributed by atoms with E-state index in [1.165, 1.54) is 12.8 Å². The number of rotatable bonds is 5. The molecule has 0 aromatic heterocycles. The van der Waals surface area contributed by atoms with Crippen LogP contribution in [0.25, 0.3) is 0 Å². The van der Waals surface area contributed by atoms with E-state index in [0.717, 1.165) is 37.3 Å². The Morgan fingerprint density at radius 1 is 1.27 bits per heavy atom. The van der Waals surface area contributed by atoms with Crippen LogP contribution in [0, 0.1) is 5.92 Å². The Kier molecular flexibility index (Phi) is 5.99. The van der Waals surface area contributed by atoms with Crippen LogP contribution in [-0.2, 0) is 0 Å². The van der Waals surface area contributed by atoms with Crippen LogP contribution in [0.15, 0.2) is 29.4 Å². The molecule has 1 amide bonds. The summed E-state index contributed by atoms with van der Waals surface area (Å²) in [5, 5.41) is 4.31. The van der Waals surface area contributed by atoms with Gasteiger partial charge in [-0.25, -0.2) is 5.43 Å². The van der Waals surface area contributed by atoms with E-state index in [-0.39, 0.29) is 5.91 Å². The monoisotopic (exact) mass is 301 g/mol. The molecule has 0 radical (unpaired) electrons. The van der Waals surface area contributed by atoms with Crippen LogP contribution in [-0.4, -0.2) is 24.7 Å². The molecular formula is C18H27N3O. The van der Waals surface area contributed by atoms with Gasteiger partial charge in [-0.15, -0.1) is 0 Å². The lowest BCUT2D eigenvalue weighted by atomic mass is 9.89. The van der Waals surface area contributed by atoms with Crippen molar-refractivity contribution in [1.29, 1.82) is 0 Å². The number of carbonyl (C=O) groups excluding carboxylic acids is 1. The molecule has 4 heteroatoms. The van der Waals surface area contributed by atoms with Crippen molar-refractivity contribution in [3.8, 4) is 0 Å². The highest BCUT2D eigenvalue weighted by Gasteiger charge is 2.14. The first-order chi connectivity index (χ1) is 10.6. The molecule has 120 valence electrons. The quantitative estimate of drug-likeness (QED) is 0.840. The summed E-state index contributed by atoms with van der Waals surface area (Å²) in [6.07, 6.45) is 4.45. The van der Waals surface area contributed by atoms with Crippen LogP contribution in [0.1, 0.15) is 56.8 Å². The number of hydrogen-bond acceptors (Lipinski definition) is 3. The van der Waals surface area contributed by atoms with Crippen molar-refractivity contribution in [3.05, 3.63) is 29.8 Å². The van der Waals surface area contributed by atoms with E-state index in [2.05, 4.69) is 36.2 Å². The molecule has 0 aliphatic heterocycles. The molecule has 1 aliphatic rings.